The summed E-state index contributed by atoms with van der Waals surface area (Å²) in [6, 6.07) is 0. The molecule has 1 N–H and O–H groups in total. The number of imidazole rings is 1. The van der Waals surface area contributed by atoms with Crippen LogP contribution in [0.1, 0.15) is 12.2 Å². The van der Waals surface area contributed by atoms with E-state index in [9.17, 15) is 4.79 Å². The highest BCUT2D eigenvalue weighted by molar-refractivity contribution is 5.69. The van der Waals surface area contributed by atoms with E-state index in [0.717, 1.165) is 5.82 Å². The topological polar surface area (TPSA) is 55.0 Å². The van der Waals surface area contributed by atoms with Gasteiger partial charge in [0, 0.05) is 18.8 Å². The molecule has 0 aliphatic carbocycles. The van der Waals surface area contributed by atoms with Crippen molar-refractivity contribution in [3.8, 4) is 0 Å². The molecule has 0 spiro atoms. The minimum Gasteiger partial charge on any atom is -0.461 e. The molecule has 4 heteroatoms. The summed E-state index contributed by atoms with van der Waals surface area (Å²) in [5.74, 6) is 0.576. The largest absolute Gasteiger partial charge is 0.461 e. The van der Waals surface area contributed by atoms with Crippen molar-refractivity contribution in [2.45, 2.75) is 12.8 Å². The Bertz CT molecular complexity index is 267. The number of ether oxygens (including phenoxy) is 1. The van der Waals surface area contributed by atoms with E-state index in [1.807, 2.05) is 0 Å². The monoisotopic (exact) mass is 180 g/mol. The van der Waals surface area contributed by atoms with Crippen molar-refractivity contribution in [2.24, 2.45) is 0 Å². The lowest BCUT2D eigenvalue weighted by atomic mass is 10.3. The van der Waals surface area contributed by atoms with Gasteiger partial charge in [-0.05, 0) is 0 Å². The Morgan fingerprint density at radius 1 is 1.77 bits per heavy atom. The Morgan fingerprint density at radius 2 is 2.62 bits per heavy atom. The van der Waals surface area contributed by atoms with Crippen LogP contribution >= 0.6 is 0 Å². The van der Waals surface area contributed by atoms with Gasteiger partial charge in [-0.1, -0.05) is 12.7 Å². The first-order valence-corrected chi connectivity index (χ1v) is 4.07. The van der Waals surface area contributed by atoms with Gasteiger partial charge in [-0.3, -0.25) is 4.79 Å². The van der Waals surface area contributed by atoms with Crippen molar-refractivity contribution in [3.63, 3.8) is 0 Å². The number of esters is 1. The molecule has 0 saturated heterocycles. The van der Waals surface area contributed by atoms with Gasteiger partial charge in [0.2, 0.25) is 0 Å². The van der Waals surface area contributed by atoms with Crippen LogP contribution in [0.3, 0.4) is 0 Å². The first-order chi connectivity index (χ1) is 6.33. The highest BCUT2D eigenvalue weighted by Gasteiger charge is 2.03. The third-order valence-corrected chi connectivity index (χ3v) is 1.48. The van der Waals surface area contributed by atoms with Gasteiger partial charge in [-0.2, -0.15) is 0 Å². The molecule has 0 bridgehead atoms. The fraction of sp³-hybridized carbons (Fsp3) is 0.333. The van der Waals surface area contributed by atoms with Gasteiger partial charge >= 0.3 is 5.97 Å². The summed E-state index contributed by atoms with van der Waals surface area (Å²) in [6.45, 7) is 3.72. The maximum absolute atomic E-state index is 11.0. The molecular weight excluding hydrogens is 168 g/mol. The van der Waals surface area contributed by atoms with Gasteiger partial charge in [-0.25, -0.2) is 4.98 Å². The molecule has 1 aromatic heterocycles. The van der Waals surface area contributed by atoms with E-state index in [0.29, 0.717) is 12.8 Å². The Balaban J connectivity index is 2.19. The summed E-state index contributed by atoms with van der Waals surface area (Å²) < 4.78 is 4.79. The molecule has 0 saturated carbocycles. The second-order valence-electron chi connectivity index (χ2n) is 2.51. The summed E-state index contributed by atoms with van der Waals surface area (Å²) in [7, 11) is 0. The highest BCUT2D eigenvalue weighted by atomic mass is 16.5. The van der Waals surface area contributed by atoms with Crippen LogP contribution in [-0.4, -0.2) is 22.5 Å². The van der Waals surface area contributed by atoms with Crippen LogP contribution < -0.4 is 0 Å². The molecule has 0 aliphatic heterocycles. The van der Waals surface area contributed by atoms with E-state index in [1.165, 1.54) is 0 Å². The van der Waals surface area contributed by atoms with Crippen LogP contribution in [0.5, 0.6) is 0 Å². The molecule has 1 heterocycles. The number of hydrogen-bond acceptors (Lipinski definition) is 3. The molecule has 13 heavy (non-hydrogen) atoms. The minimum absolute atomic E-state index is 0.226. The van der Waals surface area contributed by atoms with E-state index < -0.39 is 0 Å². The van der Waals surface area contributed by atoms with E-state index in [-0.39, 0.29) is 12.6 Å². The fourth-order valence-electron chi connectivity index (χ4n) is 0.879. The molecule has 0 atom stereocenters. The number of nitrogens with one attached hydrogen (secondary N) is 1. The van der Waals surface area contributed by atoms with E-state index in [4.69, 9.17) is 4.74 Å². The molecule has 1 aromatic rings. The standard InChI is InChI=1S/C9H12N2O2/c1-2-7-13-9(12)4-3-8-10-5-6-11-8/h2,5-6H,1,3-4,7H2,(H,10,11). The quantitative estimate of drug-likeness (QED) is 0.544. The minimum atomic E-state index is -0.226. The van der Waals surface area contributed by atoms with E-state index in [2.05, 4.69) is 16.5 Å². The van der Waals surface area contributed by atoms with Crippen LogP contribution in [0, 0.1) is 0 Å². The maximum atomic E-state index is 11.0. The molecule has 4 nitrogen and oxygen atoms in total. The summed E-state index contributed by atoms with van der Waals surface area (Å²) in [5.41, 5.74) is 0. The van der Waals surface area contributed by atoms with Crippen molar-refractivity contribution >= 4 is 5.97 Å². The lowest BCUT2D eigenvalue weighted by Crippen LogP contribution is -2.06. The number of carbonyl (C=O) groups is 1. The third kappa shape index (κ3) is 3.55. The third-order valence-electron chi connectivity index (χ3n) is 1.48. The van der Waals surface area contributed by atoms with Gasteiger partial charge in [0.1, 0.15) is 12.4 Å². The Labute approximate surface area is 76.6 Å². The number of rotatable bonds is 5. The number of aryl methyl sites for hydroxylation is 1. The number of carbonyl (C=O) groups excluding carboxylic acids is 1. The number of hydrogen-bond donors (Lipinski definition) is 1. The summed E-state index contributed by atoms with van der Waals surface area (Å²) >= 11 is 0. The molecule has 0 aromatic carbocycles. The molecule has 1 rings (SSSR count). The first-order valence-electron chi connectivity index (χ1n) is 4.07. The average Bonchev–Trinajstić information content (AvgIpc) is 2.64. The van der Waals surface area contributed by atoms with Crippen LogP contribution in [-0.2, 0) is 16.0 Å². The smallest absolute Gasteiger partial charge is 0.306 e. The Kier molecular flexibility index (Phi) is 3.75. The molecule has 0 fully saturated rings. The van der Waals surface area contributed by atoms with Crippen molar-refractivity contribution in [3.05, 3.63) is 30.9 Å². The predicted octanol–water partition coefficient (Wildman–Crippen LogP) is 1.07. The zero-order valence-electron chi connectivity index (χ0n) is 7.32. The zero-order chi connectivity index (χ0) is 9.52. The van der Waals surface area contributed by atoms with Crippen LogP contribution in [0.2, 0.25) is 0 Å². The van der Waals surface area contributed by atoms with Gasteiger partial charge in [-0.15, -0.1) is 0 Å². The molecule has 0 amide bonds. The van der Waals surface area contributed by atoms with Crippen LogP contribution in [0.4, 0.5) is 0 Å². The number of nitrogens with zero attached hydrogens (tertiary/aromatic N) is 1. The van der Waals surface area contributed by atoms with Gasteiger partial charge in [0.05, 0.1) is 6.42 Å². The number of aromatic nitrogens is 2. The normalized spacial score (nSPS) is 9.54. The number of H-pyrrole nitrogens is 1. The summed E-state index contributed by atoms with van der Waals surface area (Å²) in [6.07, 6.45) is 5.87. The van der Waals surface area contributed by atoms with Crippen molar-refractivity contribution in [1.82, 2.24) is 9.97 Å². The van der Waals surface area contributed by atoms with E-state index >= 15 is 0 Å². The van der Waals surface area contributed by atoms with Gasteiger partial charge in [0.25, 0.3) is 0 Å². The van der Waals surface area contributed by atoms with Gasteiger partial charge < -0.3 is 9.72 Å². The molecular formula is C9H12N2O2. The van der Waals surface area contributed by atoms with Crippen molar-refractivity contribution in [2.75, 3.05) is 6.61 Å². The fourth-order valence-corrected chi connectivity index (χ4v) is 0.879. The highest BCUT2D eigenvalue weighted by Crippen LogP contribution is 1.96. The van der Waals surface area contributed by atoms with Crippen LogP contribution in [0.15, 0.2) is 25.0 Å². The Morgan fingerprint density at radius 3 is 3.23 bits per heavy atom. The van der Waals surface area contributed by atoms with E-state index in [1.54, 1.807) is 18.5 Å². The second kappa shape index (κ2) is 5.13. The molecule has 70 valence electrons. The lowest BCUT2D eigenvalue weighted by molar-refractivity contribution is -0.142. The lowest BCUT2D eigenvalue weighted by Gasteiger charge is -1.99. The van der Waals surface area contributed by atoms with Crippen molar-refractivity contribution in [1.29, 1.82) is 0 Å². The van der Waals surface area contributed by atoms with Crippen molar-refractivity contribution < 1.29 is 9.53 Å². The second-order valence-corrected chi connectivity index (χ2v) is 2.51. The average molecular weight is 180 g/mol. The zero-order valence-corrected chi connectivity index (χ0v) is 7.32. The molecule has 0 radical (unpaired) electrons. The van der Waals surface area contributed by atoms with Gasteiger partial charge in [0.15, 0.2) is 0 Å². The summed E-state index contributed by atoms with van der Waals surface area (Å²) in [4.78, 5) is 17.9. The number of aromatic amines is 1. The van der Waals surface area contributed by atoms with Crippen LogP contribution in [0.25, 0.3) is 0 Å². The molecule has 0 unspecified atom stereocenters. The molecule has 0 aliphatic rings. The maximum Gasteiger partial charge on any atom is 0.306 e. The predicted molar refractivity (Wildman–Crippen MR) is 48.1 cm³/mol. The SMILES string of the molecule is C=CCOC(=O)CCc1ncc[nH]1. The Hall–Kier alpha value is -1.58. The first kappa shape index (κ1) is 9.51. The summed E-state index contributed by atoms with van der Waals surface area (Å²) in [5, 5.41) is 0.